The van der Waals surface area contributed by atoms with Crippen LogP contribution in [0.5, 0.6) is 0 Å². The van der Waals surface area contributed by atoms with E-state index in [0.29, 0.717) is 10.9 Å². The van der Waals surface area contributed by atoms with Gasteiger partial charge in [-0.3, -0.25) is 4.79 Å². The number of carbonyl (C=O) groups excluding carboxylic acids is 1. The van der Waals surface area contributed by atoms with Gasteiger partial charge >= 0.3 is 0 Å². The summed E-state index contributed by atoms with van der Waals surface area (Å²) in [6.45, 7) is 9.70. The van der Waals surface area contributed by atoms with Crippen molar-refractivity contribution in [1.29, 1.82) is 0 Å². The number of anilines is 1. The van der Waals surface area contributed by atoms with E-state index < -0.39 is 0 Å². The van der Waals surface area contributed by atoms with E-state index in [-0.39, 0.29) is 17.6 Å². The first-order chi connectivity index (χ1) is 15.1. The van der Waals surface area contributed by atoms with Gasteiger partial charge in [-0.05, 0) is 51.0 Å². The average molecular weight is 444 g/mol. The number of hydrogen-bond donors (Lipinski definition) is 1. The summed E-state index contributed by atoms with van der Waals surface area (Å²) in [5.41, 5.74) is 0.677. The van der Waals surface area contributed by atoms with Crippen LogP contribution >= 0.6 is 11.3 Å². The Labute approximate surface area is 186 Å². The molecule has 6 nitrogen and oxygen atoms in total. The maximum absolute atomic E-state index is 14.4. The number of hydrogen-bond acceptors (Lipinski definition) is 6. The Morgan fingerprint density at radius 3 is 2.77 bits per heavy atom. The minimum atomic E-state index is -0.246. The van der Waals surface area contributed by atoms with Gasteiger partial charge in [-0.25, -0.2) is 14.4 Å². The molecule has 166 valence electrons. The van der Waals surface area contributed by atoms with Gasteiger partial charge < -0.3 is 15.1 Å². The second-order valence-corrected chi connectivity index (χ2v) is 9.08. The molecule has 1 fully saturated rings. The smallest absolute Gasteiger partial charge is 0.223 e. The second kappa shape index (κ2) is 9.87. The van der Waals surface area contributed by atoms with Crippen LogP contribution in [0.1, 0.15) is 33.1 Å². The third kappa shape index (κ3) is 4.65. The molecule has 3 heterocycles. The minimum absolute atomic E-state index is 0.0434. The number of nitrogens with one attached hydrogen (secondary N) is 1. The number of piperidine rings is 1. The largest absolute Gasteiger partial charge is 0.356 e. The first-order valence-corrected chi connectivity index (χ1v) is 12.0. The Kier molecular flexibility index (Phi) is 6.97. The van der Waals surface area contributed by atoms with Crippen molar-refractivity contribution in [1.82, 2.24) is 20.2 Å². The van der Waals surface area contributed by atoms with E-state index in [0.717, 1.165) is 73.7 Å². The molecule has 1 aliphatic heterocycles. The molecule has 1 amide bonds. The lowest BCUT2D eigenvalue weighted by atomic mass is 9.96. The van der Waals surface area contributed by atoms with Crippen molar-refractivity contribution in [2.75, 3.05) is 44.2 Å². The zero-order valence-electron chi connectivity index (χ0n) is 18.2. The lowest BCUT2D eigenvalue weighted by molar-refractivity contribution is -0.125. The van der Waals surface area contributed by atoms with Crippen LogP contribution in [0.3, 0.4) is 0 Å². The van der Waals surface area contributed by atoms with Crippen molar-refractivity contribution < 1.29 is 9.18 Å². The number of fused-ring (bicyclic) bond motifs is 3. The number of carbonyl (C=O) groups is 1. The molecule has 0 spiro atoms. The van der Waals surface area contributed by atoms with Crippen molar-refractivity contribution >= 4 is 43.4 Å². The van der Waals surface area contributed by atoms with Crippen molar-refractivity contribution in [3.63, 3.8) is 0 Å². The van der Waals surface area contributed by atoms with Gasteiger partial charge in [0.05, 0.1) is 15.6 Å². The Bertz CT molecular complexity index is 1040. The van der Waals surface area contributed by atoms with Crippen LogP contribution < -0.4 is 10.2 Å². The summed E-state index contributed by atoms with van der Waals surface area (Å²) in [5, 5.41) is 3.69. The zero-order valence-corrected chi connectivity index (χ0v) is 19.1. The van der Waals surface area contributed by atoms with Gasteiger partial charge in [-0.2, -0.15) is 0 Å². The van der Waals surface area contributed by atoms with E-state index in [1.165, 1.54) is 23.7 Å². The van der Waals surface area contributed by atoms with Gasteiger partial charge in [-0.15, -0.1) is 11.3 Å². The van der Waals surface area contributed by atoms with Gasteiger partial charge in [0.15, 0.2) is 0 Å². The molecular formula is C23H30FN5OS. The lowest BCUT2D eigenvalue weighted by Gasteiger charge is -2.32. The summed E-state index contributed by atoms with van der Waals surface area (Å²) in [6, 6.07) is 5.13. The second-order valence-electron chi connectivity index (χ2n) is 8.02. The van der Waals surface area contributed by atoms with Crippen molar-refractivity contribution in [3.05, 3.63) is 30.3 Å². The van der Waals surface area contributed by atoms with Crippen LogP contribution in [0.15, 0.2) is 24.5 Å². The molecule has 2 aromatic heterocycles. The van der Waals surface area contributed by atoms with Crippen molar-refractivity contribution in [2.24, 2.45) is 5.92 Å². The van der Waals surface area contributed by atoms with Crippen LogP contribution in [0.2, 0.25) is 0 Å². The number of nitrogens with zero attached hydrogens (tertiary/aromatic N) is 4. The lowest BCUT2D eigenvalue weighted by Crippen LogP contribution is -2.41. The summed E-state index contributed by atoms with van der Waals surface area (Å²) < 4.78 is 16.2. The van der Waals surface area contributed by atoms with E-state index in [2.05, 4.69) is 38.9 Å². The molecule has 3 aromatic rings. The van der Waals surface area contributed by atoms with Crippen LogP contribution in [0.25, 0.3) is 20.3 Å². The fourth-order valence-electron chi connectivity index (χ4n) is 4.34. The third-order valence-electron chi connectivity index (χ3n) is 6.22. The summed E-state index contributed by atoms with van der Waals surface area (Å²) in [7, 11) is 0. The predicted molar refractivity (Wildman–Crippen MR) is 125 cm³/mol. The highest BCUT2D eigenvalue weighted by atomic mass is 32.1. The van der Waals surface area contributed by atoms with Gasteiger partial charge in [-0.1, -0.05) is 19.9 Å². The quantitative estimate of drug-likeness (QED) is 0.532. The van der Waals surface area contributed by atoms with E-state index in [4.69, 9.17) is 0 Å². The van der Waals surface area contributed by atoms with Crippen molar-refractivity contribution in [2.45, 2.75) is 33.1 Å². The minimum Gasteiger partial charge on any atom is -0.356 e. The van der Waals surface area contributed by atoms with E-state index in [1.54, 1.807) is 6.07 Å². The SMILES string of the molecule is CCN(CC)CCCNC(=O)C1CCN(c2ncnc3c2sc2cccc(F)c23)CC1. The highest BCUT2D eigenvalue weighted by molar-refractivity contribution is 7.26. The molecule has 31 heavy (non-hydrogen) atoms. The van der Waals surface area contributed by atoms with E-state index in [9.17, 15) is 9.18 Å². The van der Waals surface area contributed by atoms with E-state index >= 15 is 0 Å². The normalized spacial score (nSPS) is 15.3. The monoisotopic (exact) mass is 443 g/mol. The molecule has 1 saturated heterocycles. The number of aromatic nitrogens is 2. The van der Waals surface area contributed by atoms with Crippen molar-refractivity contribution in [3.8, 4) is 0 Å². The first kappa shape index (κ1) is 21.9. The number of amides is 1. The molecule has 0 aliphatic carbocycles. The van der Waals surface area contributed by atoms with Crippen LogP contribution in [0, 0.1) is 11.7 Å². The molecule has 1 N–H and O–H groups in total. The highest BCUT2D eigenvalue weighted by Crippen LogP contribution is 2.39. The molecule has 0 atom stereocenters. The number of rotatable bonds is 8. The standard InChI is InChI=1S/C23H30FN5OS/c1-3-28(4-2)12-6-11-25-23(30)16-9-13-29(14-10-16)22-21-20(26-15-27-22)19-17(24)7-5-8-18(19)31-21/h5,7-8,15-16H,3-4,6,9-14H2,1-2H3,(H,25,30). The number of halogens is 1. The third-order valence-corrected chi connectivity index (χ3v) is 7.36. The topological polar surface area (TPSA) is 61.4 Å². The summed E-state index contributed by atoms with van der Waals surface area (Å²) in [4.78, 5) is 26.0. The molecule has 0 unspecified atom stereocenters. The van der Waals surface area contributed by atoms with Crippen LogP contribution in [-0.4, -0.2) is 60.0 Å². The van der Waals surface area contributed by atoms with Gasteiger partial charge in [0.1, 0.15) is 18.0 Å². The first-order valence-electron chi connectivity index (χ1n) is 11.2. The molecule has 1 aromatic carbocycles. The molecule has 1 aliphatic rings. The number of benzene rings is 1. The Hall–Kier alpha value is -2.32. The molecular weight excluding hydrogens is 413 g/mol. The molecule has 0 bridgehead atoms. The maximum atomic E-state index is 14.4. The highest BCUT2D eigenvalue weighted by Gasteiger charge is 2.27. The molecule has 0 saturated carbocycles. The predicted octanol–water partition coefficient (Wildman–Crippen LogP) is 4.05. The zero-order chi connectivity index (χ0) is 21.8. The van der Waals surface area contributed by atoms with Crippen LogP contribution in [0.4, 0.5) is 10.2 Å². The fourth-order valence-corrected chi connectivity index (χ4v) is 5.53. The summed E-state index contributed by atoms with van der Waals surface area (Å²) >= 11 is 1.53. The maximum Gasteiger partial charge on any atom is 0.223 e. The van der Waals surface area contributed by atoms with Gasteiger partial charge in [0.2, 0.25) is 5.91 Å². The molecule has 0 radical (unpaired) electrons. The Morgan fingerprint density at radius 1 is 1.26 bits per heavy atom. The fraction of sp³-hybridized carbons (Fsp3) is 0.522. The summed E-state index contributed by atoms with van der Waals surface area (Å²) in [5.74, 6) is 0.811. The Morgan fingerprint density at radius 2 is 2.03 bits per heavy atom. The summed E-state index contributed by atoms with van der Waals surface area (Å²) in [6.07, 6.45) is 4.10. The number of thiophene rings is 1. The van der Waals surface area contributed by atoms with Crippen LogP contribution in [-0.2, 0) is 4.79 Å². The Balaban J connectivity index is 1.37. The molecule has 4 rings (SSSR count). The van der Waals surface area contributed by atoms with Gasteiger partial charge in [0.25, 0.3) is 0 Å². The van der Waals surface area contributed by atoms with Gasteiger partial charge in [0, 0.05) is 30.3 Å². The average Bonchev–Trinajstić information content (AvgIpc) is 3.19. The van der Waals surface area contributed by atoms with E-state index in [1.807, 2.05) is 6.07 Å². The molecule has 8 heteroatoms.